The second kappa shape index (κ2) is 4.28. The molecule has 1 aliphatic heterocycles. The molecule has 0 aromatic heterocycles. The lowest BCUT2D eigenvalue weighted by atomic mass is 10.0. The van der Waals surface area contributed by atoms with Crippen molar-refractivity contribution >= 4 is 5.91 Å². The van der Waals surface area contributed by atoms with Crippen LogP contribution in [0.25, 0.3) is 0 Å². The molecule has 0 bridgehead atoms. The van der Waals surface area contributed by atoms with Crippen LogP contribution >= 0.6 is 0 Å². The summed E-state index contributed by atoms with van der Waals surface area (Å²) in [7, 11) is 0. The molecule has 0 aromatic carbocycles. The largest absolute Gasteiger partial charge is 0.394 e. The predicted molar refractivity (Wildman–Crippen MR) is 54.9 cm³/mol. The van der Waals surface area contributed by atoms with Gasteiger partial charge in [0.05, 0.1) is 18.2 Å². The van der Waals surface area contributed by atoms with E-state index >= 15 is 0 Å². The van der Waals surface area contributed by atoms with Crippen LogP contribution in [0.4, 0.5) is 0 Å². The van der Waals surface area contributed by atoms with E-state index in [0.717, 1.165) is 13.0 Å². The van der Waals surface area contributed by atoms with E-state index in [4.69, 9.17) is 5.11 Å². The molecule has 1 saturated heterocycles. The van der Waals surface area contributed by atoms with E-state index in [9.17, 15) is 4.79 Å². The maximum Gasteiger partial charge on any atom is 0.237 e. The number of aliphatic hydroxyl groups excluding tert-OH is 1. The summed E-state index contributed by atoms with van der Waals surface area (Å²) in [5, 5.41) is 15.0. The molecule has 82 valence electrons. The Balaban J connectivity index is 2.49. The van der Waals surface area contributed by atoms with E-state index in [1.54, 1.807) is 0 Å². The highest BCUT2D eigenvalue weighted by atomic mass is 16.3. The third kappa shape index (κ3) is 2.69. The Labute approximate surface area is 85.1 Å². The molecule has 1 fully saturated rings. The topological polar surface area (TPSA) is 61.4 Å². The van der Waals surface area contributed by atoms with Crippen molar-refractivity contribution in [3.8, 4) is 0 Å². The quantitative estimate of drug-likeness (QED) is 0.595. The Morgan fingerprint density at radius 3 is 2.71 bits per heavy atom. The second-order valence-corrected chi connectivity index (χ2v) is 4.73. The lowest BCUT2D eigenvalue weighted by Crippen LogP contribution is -2.53. The first-order valence-corrected chi connectivity index (χ1v) is 5.12. The monoisotopic (exact) mass is 200 g/mol. The molecular weight excluding hydrogens is 180 g/mol. The van der Waals surface area contributed by atoms with Crippen molar-refractivity contribution in [3.05, 3.63) is 0 Å². The van der Waals surface area contributed by atoms with Gasteiger partial charge < -0.3 is 15.7 Å². The highest BCUT2D eigenvalue weighted by molar-refractivity contribution is 5.83. The van der Waals surface area contributed by atoms with Crippen LogP contribution < -0.4 is 10.6 Å². The molecule has 1 amide bonds. The highest BCUT2D eigenvalue weighted by Crippen LogP contribution is 2.15. The van der Waals surface area contributed by atoms with Gasteiger partial charge in [-0.05, 0) is 32.7 Å². The molecule has 2 unspecified atom stereocenters. The van der Waals surface area contributed by atoms with Crippen LogP contribution in [0.2, 0.25) is 0 Å². The molecule has 4 nitrogen and oxygen atoms in total. The zero-order valence-electron chi connectivity index (χ0n) is 9.13. The summed E-state index contributed by atoms with van der Waals surface area (Å²) in [5.74, 6) is 0.374. The van der Waals surface area contributed by atoms with E-state index in [0.29, 0.717) is 5.92 Å². The number of carbonyl (C=O) groups is 1. The fourth-order valence-corrected chi connectivity index (χ4v) is 1.64. The Hall–Kier alpha value is -0.610. The van der Waals surface area contributed by atoms with Gasteiger partial charge in [0.25, 0.3) is 0 Å². The van der Waals surface area contributed by atoms with E-state index in [1.165, 1.54) is 0 Å². The highest BCUT2D eigenvalue weighted by Gasteiger charge is 2.31. The predicted octanol–water partition coefficient (Wildman–Crippen LogP) is -0.128. The van der Waals surface area contributed by atoms with E-state index in [1.807, 2.05) is 13.8 Å². The molecule has 14 heavy (non-hydrogen) atoms. The molecule has 0 aliphatic carbocycles. The molecule has 1 rings (SSSR count). The number of aliphatic hydroxyl groups is 1. The smallest absolute Gasteiger partial charge is 0.237 e. The van der Waals surface area contributed by atoms with Crippen LogP contribution in [0.3, 0.4) is 0 Å². The molecule has 0 aromatic rings. The first-order valence-electron chi connectivity index (χ1n) is 5.12. The van der Waals surface area contributed by atoms with Crippen LogP contribution in [0.1, 0.15) is 27.2 Å². The zero-order chi connectivity index (χ0) is 10.8. The summed E-state index contributed by atoms with van der Waals surface area (Å²) in [5.41, 5.74) is -0.527. The van der Waals surface area contributed by atoms with Gasteiger partial charge in [-0.2, -0.15) is 0 Å². The van der Waals surface area contributed by atoms with Crippen LogP contribution in [0.15, 0.2) is 0 Å². The molecule has 1 aliphatic rings. The molecular formula is C10H20N2O2. The maximum atomic E-state index is 11.7. The number of hydrogen-bond acceptors (Lipinski definition) is 3. The lowest BCUT2D eigenvalue weighted by Gasteiger charge is -2.26. The number of amides is 1. The minimum Gasteiger partial charge on any atom is -0.394 e. The second-order valence-electron chi connectivity index (χ2n) is 4.73. The summed E-state index contributed by atoms with van der Waals surface area (Å²) in [6.45, 7) is 6.55. The van der Waals surface area contributed by atoms with Gasteiger partial charge in [-0.3, -0.25) is 4.79 Å². The fraction of sp³-hybridized carbons (Fsp3) is 0.900. The van der Waals surface area contributed by atoms with Crippen LogP contribution in [-0.4, -0.2) is 35.7 Å². The third-order valence-electron chi connectivity index (χ3n) is 2.67. The van der Waals surface area contributed by atoms with Crippen LogP contribution in [-0.2, 0) is 4.79 Å². The summed E-state index contributed by atoms with van der Waals surface area (Å²) < 4.78 is 0. The van der Waals surface area contributed by atoms with Gasteiger partial charge in [0.1, 0.15) is 0 Å². The molecule has 1 heterocycles. The SMILES string of the molecule is CC1CCNC1C(=O)NC(C)(C)CO. The summed E-state index contributed by atoms with van der Waals surface area (Å²) in [6, 6.07) is -0.0965. The average molecular weight is 200 g/mol. The van der Waals surface area contributed by atoms with Crippen molar-refractivity contribution in [2.45, 2.75) is 38.8 Å². The van der Waals surface area contributed by atoms with Gasteiger partial charge in [-0.25, -0.2) is 0 Å². The van der Waals surface area contributed by atoms with Gasteiger partial charge in [-0.1, -0.05) is 6.92 Å². The van der Waals surface area contributed by atoms with Gasteiger partial charge >= 0.3 is 0 Å². The maximum absolute atomic E-state index is 11.7. The first kappa shape index (κ1) is 11.5. The van der Waals surface area contributed by atoms with E-state index in [-0.39, 0.29) is 18.6 Å². The van der Waals surface area contributed by atoms with Gasteiger partial charge in [0.15, 0.2) is 0 Å². The molecule has 0 spiro atoms. The Morgan fingerprint density at radius 2 is 2.29 bits per heavy atom. The third-order valence-corrected chi connectivity index (χ3v) is 2.67. The molecule has 4 heteroatoms. The normalized spacial score (nSPS) is 27.7. The van der Waals surface area contributed by atoms with Crippen molar-refractivity contribution in [2.24, 2.45) is 5.92 Å². The molecule has 2 atom stereocenters. The zero-order valence-corrected chi connectivity index (χ0v) is 9.13. The summed E-state index contributed by atoms with van der Waals surface area (Å²) in [6.07, 6.45) is 1.04. The van der Waals surface area contributed by atoms with Crippen molar-refractivity contribution in [3.63, 3.8) is 0 Å². The van der Waals surface area contributed by atoms with E-state index < -0.39 is 5.54 Å². The first-order chi connectivity index (χ1) is 6.46. The lowest BCUT2D eigenvalue weighted by molar-refractivity contribution is -0.125. The summed E-state index contributed by atoms with van der Waals surface area (Å²) >= 11 is 0. The van der Waals surface area contributed by atoms with Crippen molar-refractivity contribution < 1.29 is 9.90 Å². The standard InChI is InChI=1S/C10H20N2O2/c1-7-4-5-11-8(7)9(14)12-10(2,3)6-13/h7-8,11,13H,4-6H2,1-3H3,(H,12,14). The van der Waals surface area contributed by atoms with Crippen molar-refractivity contribution in [2.75, 3.05) is 13.2 Å². The number of hydrogen-bond donors (Lipinski definition) is 3. The van der Waals surface area contributed by atoms with Crippen molar-refractivity contribution in [1.82, 2.24) is 10.6 Å². The van der Waals surface area contributed by atoms with E-state index in [2.05, 4.69) is 17.6 Å². The average Bonchev–Trinajstić information content (AvgIpc) is 2.51. The number of nitrogens with one attached hydrogen (secondary N) is 2. The van der Waals surface area contributed by atoms with Gasteiger partial charge in [0.2, 0.25) is 5.91 Å². The minimum absolute atomic E-state index is 0.00551. The van der Waals surface area contributed by atoms with Crippen molar-refractivity contribution in [1.29, 1.82) is 0 Å². The fourth-order valence-electron chi connectivity index (χ4n) is 1.64. The Bertz CT molecular complexity index is 216. The van der Waals surface area contributed by atoms with Crippen LogP contribution in [0, 0.1) is 5.92 Å². The molecule has 0 saturated carbocycles. The number of rotatable bonds is 3. The van der Waals surface area contributed by atoms with Gasteiger partial charge in [0, 0.05) is 0 Å². The Morgan fingerprint density at radius 1 is 1.64 bits per heavy atom. The molecule has 3 N–H and O–H groups in total. The van der Waals surface area contributed by atoms with Crippen LogP contribution in [0.5, 0.6) is 0 Å². The molecule has 0 radical (unpaired) electrons. The minimum atomic E-state index is -0.527. The summed E-state index contributed by atoms with van der Waals surface area (Å²) in [4.78, 5) is 11.7. The van der Waals surface area contributed by atoms with Gasteiger partial charge in [-0.15, -0.1) is 0 Å². The Kier molecular flexibility index (Phi) is 3.50. The number of carbonyl (C=O) groups excluding carboxylic acids is 1.